The molecule has 158 valence electrons. The Bertz CT molecular complexity index is 1300. The molecule has 1 aromatic carbocycles. The number of rotatable bonds is 6. The molecule has 0 radical (unpaired) electrons. The van der Waals surface area contributed by atoms with Crippen molar-refractivity contribution in [1.29, 1.82) is 0 Å². The normalized spacial score (nSPS) is 15.3. The molecule has 0 spiro atoms. The molecule has 0 bridgehead atoms. The maximum atomic E-state index is 11.5. The van der Waals surface area contributed by atoms with Crippen LogP contribution in [0.1, 0.15) is 5.01 Å². The van der Waals surface area contributed by atoms with Crippen LogP contribution in [-0.2, 0) is 21.5 Å². The van der Waals surface area contributed by atoms with Crippen molar-refractivity contribution >= 4 is 104 Å². The van der Waals surface area contributed by atoms with Crippen molar-refractivity contribution in [3.8, 4) is 0 Å². The van der Waals surface area contributed by atoms with E-state index in [2.05, 4.69) is 44.6 Å². The Labute approximate surface area is 206 Å². The Morgan fingerprint density at radius 1 is 1.33 bits per heavy atom. The fourth-order valence-corrected chi connectivity index (χ4v) is 8.35. The average Bonchev–Trinajstić information content (AvgIpc) is 3.24. The summed E-state index contributed by atoms with van der Waals surface area (Å²) in [5.74, 6) is -1.51. The number of aliphatic carboxylic acids is 1. The standard InChI is InChI=1S/C17H12BrIN2O5S4/c18-9-1-2-12-10(5-9)21(8-16(22)23)15(27-12)7-14-20(3-4-30(24,25)26)11-6-13(19)28-17(11)29-14/h1-2,5-6H,3-4,8H2,(H,22,23)(H,24,25,26)/p-1. The van der Waals surface area contributed by atoms with Crippen molar-refractivity contribution in [2.24, 2.45) is 0 Å². The highest BCUT2D eigenvalue weighted by molar-refractivity contribution is 14.1. The molecular weight excluding hydrogens is 647 g/mol. The molecule has 1 aliphatic heterocycles. The van der Waals surface area contributed by atoms with Gasteiger partial charge in [-0.3, -0.25) is 4.79 Å². The number of benzene rings is 1. The van der Waals surface area contributed by atoms with Gasteiger partial charge in [0, 0.05) is 15.4 Å². The highest BCUT2D eigenvalue weighted by Crippen LogP contribution is 2.47. The van der Waals surface area contributed by atoms with E-state index in [1.807, 2.05) is 24.3 Å². The van der Waals surface area contributed by atoms with Gasteiger partial charge in [-0.25, -0.2) is 13.0 Å². The summed E-state index contributed by atoms with van der Waals surface area (Å²) in [6.45, 7) is -0.221. The molecule has 3 aromatic rings. The lowest BCUT2D eigenvalue weighted by Crippen LogP contribution is -2.39. The van der Waals surface area contributed by atoms with Gasteiger partial charge in [-0.2, -0.15) is 0 Å². The summed E-state index contributed by atoms with van der Waals surface area (Å²) in [4.78, 5) is 14.0. The minimum Gasteiger partial charge on any atom is -0.748 e. The monoisotopic (exact) mass is 657 g/mol. The zero-order valence-corrected chi connectivity index (χ0v) is 21.8. The van der Waals surface area contributed by atoms with Crippen molar-refractivity contribution in [3.63, 3.8) is 0 Å². The van der Waals surface area contributed by atoms with Crippen LogP contribution in [0.15, 0.2) is 38.7 Å². The summed E-state index contributed by atoms with van der Waals surface area (Å²) in [6.07, 6.45) is 3.28. The van der Waals surface area contributed by atoms with E-state index in [4.69, 9.17) is 0 Å². The van der Waals surface area contributed by atoms with Gasteiger partial charge in [0.15, 0.2) is 10.6 Å². The number of carboxylic acid groups (broad SMARTS) is 1. The second-order valence-corrected chi connectivity index (χ2v) is 13.8. The Morgan fingerprint density at radius 2 is 2.10 bits per heavy atom. The first-order valence-electron chi connectivity index (χ1n) is 8.26. The number of thioether (sulfide) groups is 1. The van der Waals surface area contributed by atoms with E-state index in [1.165, 1.54) is 23.1 Å². The summed E-state index contributed by atoms with van der Waals surface area (Å²) in [5, 5.41) is 10.6. The van der Waals surface area contributed by atoms with Crippen LogP contribution < -0.4 is 9.47 Å². The van der Waals surface area contributed by atoms with Crippen molar-refractivity contribution < 1.29 is 27.4 Å². The number of hydrogen-bond donors (Lipinski definition) is 1. The Hall–Kier alpha value is -0.710. The third kappa shape index (κ3) is 4.86. The Kier molecular flexibility index (Phi) is 6.50. The number of aryl methyl sites for hydroxylation is 1. The average molecular weight is 658 g/mol. The predicted molar refractivity (Wildman–Crippen MR) is 128 cm³/mol. The maximum Gasteiger partial charge on any atom is 0.323 e. The van der Waals surface area contributed by atoms with E-state index in [0.717, 1.165) is 27.5 Å². The summed E-state index contributed by atoms with van der Waals surface area (Å²) in [5.41, 5.74) is 1.61. The first kappa shape index (κ1) is 22.5. The smallest absolute Gasteiger partial charge is 0.323 e. The molecule has 7 nitrogen and oxygen atoms in total. The Balaban J connectivity index is 1.79. The fraction of sp³-hybridized carbons (Fsp3) is 0.176. The Morgan fingerprint density at radius 3 is 2.80 bits per heavy atom. The summed E-state index contributed by atoms with van der Waals surface area (Å²) in [6, 6.07) is 7.58. The number of thiophene rings is 1. The van der Waals surface area contributed by atoms with Crippen molar-refractivity contribution in [2.75, 3.05) is 17.2 Å². The fourth-order valence-electron chi connectivity index (χ4n) is 2.90. The largest absolute Gasteiger partial charge is 0.748 e. The molecule has 0 aliphatic carbocycles. The van der Waals surface area contributed by atoms with Crippen molar-refractivity contribution in [1.82, 2.24) is 0 Å². The van der Waals surface area contributed by atoms with E-state index in [1.54, 1.807) is 20.8 Å². The van der Waals surface area contributed by atoms with Crippen LogP contribution in [0.4, 0.5) is 5.69 Å². The van der Waals surface area contributed by atoms with Gasteiger partial charge < -0.3 is 20.6 Å². The van der Waals surface area contributed by atoms with Gasteiger partial charge in [0.1, 0.15) is 16.7 Å². The summed E-state index contributed by atoms with van der Waals surface area (Å²) >= 11 is 10.0. The first-order valence-corrected chi connectivity index (χ1v) is 14.2. The minimum absolute atomic E-state index is 0.0103. The lowest BCUT2D eigenvalue weighted by molar-refractivity contribution is -0.666. The molecule has 3 heterocycles. The minimum atomic E-state index is -4.38. The number of hydrogen-bond acceptors (Lipinski definition) is 8. The van der Waals surface area contributed by atoms with Crippen molar-refractivity contribution in [3.05, 3.63) is 47.7 Å². The van der Waals surface area contributed by atoms with E-state index in [-0.39, 0.29) is 13.1 Å². The number of aromatic nitrogens is 1. The van der Waals surface area contributed by atoms with Gasteiger partial charge in [-0.05, 0) is 40.8 Å². The van der Waals surface area contributed by atoms with E-state index >= 15 is 0 Å². The zero-order valence-electron chi connectivity index (χ0n) is 14.8. The number of anilines is 1. The van der Waals surface area contributed by atoms with E-state index in [9.17, 15) is 22.9 Å². The van der Waals surface area contributed by atoms with E-state index < -0.39 is 21.8 Å². The molecule has 1 N–H and O–H groups in total. The molecule has 2 aromatic heterocycles. The first-order chi connectivity index (χ1) is 14.1. The molecule has 13 heteroatoms. The van der Waals surface area contributed by atoms with Gasteiger partial charge in [0.2, 0.25) is 5.52 Å². The van der Waals surface area contributed by atoms with Gasteiger partial charge in [0.25, 0.3) is 0 Å². The second-order valence-electron chi connectivity index (χ2n) is 6.17. The highest BCUT2D eigenvalue weighted by Gasteiger charge is 2.24. The predicted octanol–water partition coefficient (Wildman–Crippen LogP) is 3.85. The van der Waals surface area contributed by atoms with Gasteiger partial charge >= 0.3 is 5.97 Å². The van der Waals surface area contributed by atoms with Gasteiger partial charge in [-0.15, -0.1) is 23.1 Å². The number of thiazole rings is 1. The van der Waals surface area contributed by atoms with Gasteiger partial charge in [0.05, 0.1) is 19.3 Å². The molecule has 0 saturated heterocycles. The van der Waals surface area contributed by atoms with Crippen LogP contribution >= 0.6 is 73.0 Å². The summed E-state index contributed by atoms with van der Waals surface area (Å²) in [7, 11) is -4.38. The van der Waals surface area contributed by atoms with Crippen LogP contribution in [0.2, 0.25) is 0 Å². The van der Waals surface area contributed by atoms with Crippen LogP contribution in [0.3, 0.4) is 0 Å². The van der Waals surface area contributed by atoms with Crippen LogP contribution in [0, 0.1) is 8.96 Å². The quantitative estimate of drug-likeness (QED) is 0.186. The SMILES string of the molecule is O=C(O)CN1C(=[C-]c2sc3sc(I)cc3[n+]2CCS(=O)(=O)[O-])Sc2ccc(Br)cc21. The number of halogens is 2. The third-order valence-corrected chi connectivity index (χ3v) is 9.46. The molecule has 0 atom stereocenters. The van der Waals surface area contributed by atoms with Crippen LogP contribution in [0.25, 0.3) is 9.53 Å². The lowest BCUT2D eigenvalue weighted by Gasteiger charge is -2.24. The molecular formula is C17H11BrIN2O5S4-. The molecule has 1 aliphatic rings. The highest BCUT2D eigenvalue weighted by atomic mass is 127. The van der Waals surface area contributed by atoms with Gasteiger partial charge in [-0.1, -0.05) is 32.3 Å². The molecule has 0 amide bonds. The second kappa shape index (κ2) is 8.67. The lowest BCUT2D eigenvalue weighted by atomic mass is 10.3. The topological polar surface area (TPSA) is 102 Å². The molecule has 30 heavy (non-hydrogen) atoms. The van der Waals surface area contributed by atoms with Crippen molar-refractivity contribution in [2.45, 2.75) is 11.4 Å². The molecule has 0 saturated carbocycles. The number of carboxylic acids is 1. The molecule has 4 rings (SSSR count). The van der Waals surface area contributed by atoms with Crippen LogP contribution in [0.5, 0.6) is 0 Å². The third-order valence-electron chi connectivity index (χ3n) is 4.11. The molecule has 0 fully saturated rings. The maximum absolute atomic E-state index is 11.5. The number of fused-ring (bicyclic) bond motifs is 2. The number of nitrogens with zero attached hydrogens (tertiary/aromatic N) is 2. The molecule has 0 unspecified atom stereocenters. The summed E-state index contributed by atoms with van der Waals surface area (Å²) < 4.78 is 38.2. The van der Waals surface area contributed by atoms with Crippen LogP contribution in [-0.4, -0.2) is 36.3 Å². The number of carbonyl (C=O) groups is 1. The van der Waals surface area contributed by atoms with E-state index in [0.29, 0.717) is 10.0 Å². The zero-order chi connectivity index (χ0) is 21.6.